The third-order valence-electron chi connectivity index (χ3n) is 3.58. The second-order valence-electron chi connectivity index (χ2n) is 6.20. The van der Waals surface area contributed by atoms with Crippen LogP contribution in [0.3, 0.4) is 0 Å². The molecule has 0 aromatic heterocycles. The van der Waals surface area contributed by atoms with Crippen molar-refractivity contribution in [1.82, 2.24) is 4.72 Å². The van der Waals surface area contributed by atoms with Crippen LogP contribution >= 0.6 is 0 Å². The number of halogens is 3. The Labute approximate surface area is 174 Å². The Morgan fingerprint density at radius 2 is 1.35 bits per heavy atom. The molecule has 16 heteroatoms. The molecule has 0 aromatic carbocycles. The monoisotopic (exact) mass is 479 g/mol. The highest BCUT2D eigenvalue weighted by atomic mass is 32.2. The maximum atomic E-state index is 12.9. The number of hydrogen-bond donors (Lipinski definition) is 1. The van der Waals surface area contributed by atoms with Crippen molar-refractivity contribution in [2.45, 2.75) is 63.8 Å². The van der Waals surface area contributed by atoms with Crippen LogP contribution in [0.5, 0.6) is 0 Å². The van der Waals surface area contributed by atoms with E-state index in [9.17, 15) is 40.8 Å². The molecule has 5 atom stereocenters. The molecule has 1 aliphatic heterocycles. The molecule has 0 aromatic rings. The third kappa shape index (κ3) is 7.62. The molecule has 1 saturated heterocycles. The minimum atomic E-state index is -6.07. The van der Waals surface area contributed by atoms with Crippen molar-refractivity contribution in [2.24, 2.45) is 0 Å². The highest BCUT2D eigenvalue weighted by Crippen LogP contribution is 2.30. The largest absolute Gasteiger partial charge is 0.511 e. The summed E-state index contributed by atoms with van der Waals surface area (Å²) in [5.74, 6) is -4.03. The van der Waals surface area contributed by atoms with Crippen LogP contribution in [-0.4, -0.2) is 75.1 Å². The summed E-state index contributed by atoms with van der Waals surface area (Å²) in [7, 11) is -6.07. The van der Waals surface area contributed by atoms with E-state index in [0.717, 1.165) is 27.7 Å². The van der Waals surface area contributed by atoms with Crippen LogP contribution in [0.2, 0.25) is 0 Å². The smallest absolute Gasteiger partial charge is 0.463 e. The molecular weight excluding hydrogens is 459 g/mol. The van der Waals surface area contributed by atoms with Gasteiger partial charge in [-0.05, 0) is 0 Å². The summed E-state index contributed by atoms with van der Waals surface area (Å²) in [6, 6.07) is -2.18. The van der Waals surface area contributed by atoms with Gasteiger partial charge in [-0.15, -0.1) is 0 Å². The second kappa shape index (κ2) is 10.2. The lowest BCUT2D eigenvalue weighted by Crippen LogP contribution is -2.67. The lowest BCUT2D eigenvalue weighted by molar-refractivity contribution is -0.269. The summed E-state index contributed by atoms with van der Waals surface area (Å²) in [4.78, 5) is 45.6. The van der Waals surface area contributed by atoms with E-state index < -0.39 is 76.7 Å². The van der Waals surface area contributed by atoms with Gasteiger partial charge in [-0.25, -0.2) is 8.42 Å². The Balaban J connectivity index is 3.50. The second-order valence-corrected chi connectivity index (χ2v) is 7.90. The molecule has 1 aliphatic rings. The van der Waals surface area contributed by atoms with Gasteiger partial charge in [0.1, 0.15) is 18.8 Å². The summed E-state index contributed by atoms with van der Waals surface area (Å²) >= 11 is 0. The minimum absolute atomic E-state index is 0.665. The third-order valence-corrected chi connectivity index (χ3v) is 4.77. The molecule has 0 aliphatic carbocycles. The number of carbonyl (C=O) groups is 4. The number of carbonyl (C=O) groups excluding carboxylic acids is 4. The zero-order valence-corrected chi connectivity index (χ0v) is 17.4. The van der Waals surface area contributed by atoms with Gasteiger partial charge in [0.15, 0.2) is 12.2 Å². The Morgan fingerprint density at radius 1 is 0.871 bits per heavy atom. The molecular formula is C15H20F3NO11S. The zero-order chi connectivity index (χ0) is 24.1. The van der Waals surface area contributed by atoms with Gasteiger partial charge in [0.05, 0.1) is 0 Å². The molecule has 178 valence electrons. The number of sulfonamides is 1. The molecule has 0 spiro atoms. The average Bonchev–Trinajstić information content (AvgIpc) is 2.56. The van der Waals surface area contributed by atoms with Gasteiger partial charge in [-0.3, -0.25) is 19.2 Å². The van der Waals surface area contributed by atoms with Crippen molar-refractivity contribution >= 4 is 33.9 Å². The quantitative estimate of drug-likeness (QED) is 0.371. The van der Waals surface area contributed by atoms with E-state index in [1.54, 1.807) is 0 Å². The first kappa shape index (κ1) is 26.6. The van der Waals surface area contributed by atoms with E-state index in [1.165, 1.54) is 4.72 Å². The van der Waals surface area contributed by atoms with Crippen molar-refractivity contribution in [1.29, 1.82) is 0 Å². The Hall–Kier alpha value is -2.46. The van der Waals surface area contributed by atoms with Crippen LogP contribution in [0, 0.1) is 0 Å². The summed E-state index contributed by atoms with van der Waals surface area (Å²) in [5, 5.41) is 0. The molecule has 0 unspecified atom stereocenters. The van der Waals surface area contributed by atoms with E-state index >= 15 is 0 Å². The number of esters is 4. The predicted octanol–water partition coefficient (Wildman–Crippen LogP) is -0.491. The molecule has 0 bridgehead atoms. The molecule has 1 heterocycles. The van der Waals surface area contributed by atoms with E-state index in [4.69, 9.17) is 23.7 Å². The molecule has 0 saturated carbocycles. The predicted molar refractivity (Wildman–Crippen MR) is 90.1 cm³/mol. The summed E-state index contributed by atoms with van der Waals surface area (Å²) in [5.41, 5.74) is -5.79. The van der Waals surface area contributed by atoms with E-state index in [0.29, 0.717) is 0 Å². The normalized spacial score (nSPS) is 26.5. The molecule has 1 N–H and O–H groups in total. The van der Waals surface area contributed by atoms with Crippen molar-refractivity contribution in [3.05, 3.63) is 0 Å². The molecule has 0 radical (unpaired) electrons. The number of nitrogens with one attached hydrogen (secondary N) is 1. The highest BCUT2D eigenvalue weighted by molar-refractivity contribution is 7.90. The molecule has 1 rings (SSSR count). The Bertz CT molecular complexity index is 814. The van der Waals surface area contributed by atoms with Gasteiger partial charge < -0.3 is 23.7 Å². The lowest BCUT2D eigenvalue weighted by atomic mass is 9.97. The first-order valence-electron chi connectivity index (χ1n) is 8.44. The number of ether oxygens (including phenoxy) is 5. The van der Waals surface area contributed by atoms with Crippen LogP contribution in [0.25, 0.3) is 0 Å². The average molecular weight is 479 g/mol. The van der Waals surface area contributed by atoms with E-state index in [-0.39, 0.29) is 0 Å². The van der Waals surface area contributed by atoms with Gasteiger partial charge in [0, 0.05) is 27.7 Å². The molecule has 31 heavy (non-hydrogen) atoms. The topological polar surface area (TPSA) is 161 Å². The standard InChI is InChI=1S/C15H20F3NO11S/c1-6(20)26-5-10-12(27-7(2)21)13(28-8(3)22)11(14(30-10)29-9(4)23)19-31(24,25)15(16,17)18/h10-14,19H,5H2,1-4H3/t10-,11+,12-,13-,14+/m1/s1. The molecule has 0 amide bonds. The van der Waals surface area contributed by atoms with Crippen molar-refractivity contribution in [3.63, 3.8) is 0 Å². The fourth-order valence-corrected chi connectivity index (χ4v) is 3.28. The molecule has 12 nitrogen and oxygen atoms in total. The Morgan fingerprint density at radius 3 is 1.77 bits per heavy atom. The fourth-order valence-electron chi connectivity index (χ4n) is 2.54. The maximum absolute atomic E-state index is 12.9. The zero-order valence-electron chi connectivity index (χ0n) is 16.6. The summed E-state index contributed by atoms with van der Waals surface area (Å²) < 4.78 is 87.8. The van der Waals surface area contributed by atoms with E-state index in [1.807, 2.05) is 0 Å². The van der Waals surface area contributed by atoms with Crippen LogP contribution in [0.4, 0.5) is 13.2 Å². The van der Waals surface area contributed by atoms with Crippen LogP contribution in [-0.2, 0) is 52.9 Å². The highest BCUT2D eigenvalue weighted by Gasteiger charge is 2.56. The van der Waals surface area contributed by atoms with Crippen molar-refractivity contribution in [3.8, 4) is 0 Å². The van der Waals surface area contributed by atoms with Gasteiger partial charge in [0.2, 0.25) is 6.29 Å². The first-order valence-corrected chi connectivity index (χ1v) is 9.92. The Kier molecular flexibility index (Phi) is 8.77. The number of rotatable bonds is 7. The summed E-state index contributed by atoms with van der Waals surface area (Å²) in [6.07, 6.45) is -7.29. The van der Waals surface area contributed by atoms with Crippen LogP contribution in [0.1, 0.15) is 27.7 Å². The number of hydrogen-bond acceptors (Lipinski definition) is 11. The minimum Gasteiger partial charge on any atom is -0.463 e. The first-order chi connectivity index (χ1) is 14.0. The van der Waals surface area contributed by atoms with Crippen LogP contribution < -0.4 is 4.72 Å². The lowest BCUT2D eigenvalue weighted by Gasteiger charge is -2.44. The van der Waals surface area contributed by atoms with Crippen molar-refractivity contribution in [2.75, 3.05) is 6.61 Å². The fraction of sp³-hybridized carbons (Fsp3) is 0.733. The summed E-state index contributed by atoms with van der Waals surface area (Å²) in [6.45, 7) is 2.94. The van der Waals surface area contributed by atoms with Crippen LogP contribution in [0.15, 0.2) is 0 Å². The van der Waals surface area contributed by atoms with Gasteiger partial charge in [0.25, 0.3) is 0 Å². The van der Waals surface area contributed by atoms with Gasteiger partial charge in [-0.1, -0.05) is 0 Å². The SMILES string of the molecule is CC(=O)OC[C@H]1O[C@H](OC(C)=O)[C@@H](NS(=O)(=O)C(F)(F)F)[C@@H](OC(C)=O)[C@@H]1OC(C)=O. The molecule has 1 fully saturated rings. The van der Waals surface area contributed by atoms with Crippen molar-refractivity contribution < 1.29 is 64.5 Å². The van der Waals surface area contributed by atoms with Gasteiger partial charge >= 0.3 is 39.4 Å². The van der Waals surface area contributed by atoms with Gasteiger partial charge in [-0.2, -0.15) is 17.9 Å². The number of alkyl halides is 3. The maximum Gasteiger partial charge on any atom is 0.511 e. The van der Waals surface area contributed by atoms with E-state index in [2.05, 4.69) is 0 Å².